The van der Waals surface area contributed by atoms with Crippen LogP contribution in [0.25, 0.3) is 0 Å². The molecular weight excluding hydrogens is 375 g/mol. The molecular formula is C14H8Cl2N4O5. The lowest BCUT2D eigenvalue weighted by Crippen LogP contribution is -2.18. The summed E-state index contributed by atoms with van der Waals surface area (Å²) in [4.78, 5) is 32.0. The van der Waals surface area contributed by atoms with Gasteiger partial charge in [0.15, 0.2) is 0 Å². The van der Waals surface area contributed by atoms with Gasteiger partial charge >= 0.3 is 0 Å². The number of hydrogen-bond acceptors (Lipinski definition) is 6. The largest absolute Gasteiger partial charge is 0.277 e. The molecule has 128 valence electrons. The van der Waals surface area contributed by atoms with Gasteiger partial charge in [-0.05, 0) is 12.1 Å². The van der Waals surface area contributed by atoms with Crippen LogP contribution in [0.4, 0.5) is 11.4 Å². The van der Waals surface area contributed by atoms with Gasteiger partial charge in [0, 0.05) is 22.7 Å². The summed E-state index contributed by atoms with van der Waals surface area (Å²) in [5.41, 5.74) is 1.15. The zero-order valence-corrected chi connectivity index (χ0v) is 13.7. The molecule has 0 bridgehead atoms. The number of nitrogens with zero attached hydrogens (tertiary/aromatic N) is 3. The van der Waals surface area contributed by atoms with Gasteiger partial charge in [0.25, 0.3) is 17.3 Å². The molecule has 2 rings (SSSR count). The zero-order valence-electron chi connectivity index (χ0n) is 12.2. The molecule has 2 aromatic rings. The number of halogens is 2. The molecule has 0 radical (unpaired) electrons. The molecule has 0 aliphatic carbocycles. The highest BCUT2D eigenvalue weighted by Crippen LogP contribution is 2.23. The first-order valence-corrected chi connectivity index (χ1v) is 7.26. The zero-order chi connectivity index (χ0) is 18.6. The van der Waals surface area contributed by atoms with Crippen molar-refractivity contribution < 1.29 is 14.6 Å². The van der Waals surface area contributed by atoms with Crippen LogP contribution in [0.2, 0.25) is 10.0 Å². The molecule has 0 saturated carbocycles. The fraction of sp³-hybridized carbons (Fsp3) is 0. The number of nitrogens with one attached hydrogen (secondary N) is 1. The van der Waals surface area contributed by atoms with Crippen LogP contribution in [0, 0.1) is 20.2 Å². The van der Waals surface area contributed by atoms with Crippen LogP contribution in [0.3, 0.4) is 0 Å². The highest BCUT2D eigenvalue weighted by Gasteiger charge is 2.19. The van der Waals surface area contributed by atoms with Crippen molar-refractivity contribution >= 4 is 46.7 Å². The Morgan fingerprint density at radius 1 is 1.04 bits per heavy atom. The summed E-state index contributed by atoms with van der Waals surface area (Å²) in [6.45, 7) is 0. The number of non-ortho nitro benzene ring substituents is 2. The summed E-state index contributed by atoms with van der Waals surface area (Å²) >= 11 is 11.7. The second-order valence-electron chi connectivity index (χ2n) is 4.62. The van der Waals surface area contributed by atoms with Crippen LogP contribution in [-0.2, 0) is 0 Å². The molecule has 2 aromatic carbocycles. The molecule has 0 heterocycles. The molecule has 0 spiro atoms. The average Bonchev–Trinajstić information content (AvgIpc) is 2.56. The summed E-state index contributed by atoms with van der Waals surface area (Å²) in [5, 5.41) is 26.0. The number of carbonyl (C=O) groups excluding carboxylic acids is 1. The minimum Gasteiger partial charge on any atom is -0.267 e. The van der Waals surface area contributed by atoms with Crippen molar-refractivity contribution in [1.82, 2.24) is 5.43 Å². The highest BCUT2D eigenvalue weighted by atomic mass is 35.5. The predicted octanol–water partition coefficient (Wildman–Crippen LogP) is 3.57. The molecule has 9 nitrogen and oxygen atoms in total. The van der Waals surface area contributed by atoms with Gasteiger partial charge in [0.2, 0.25) is 0 Å². The van der Waals surface area contributed by atoms with Crippen molar-refractivity contribution in [2.75, 3.05) is 0 Å². The molecule has 0 atom stereocenters. The van der Waals surface area contributed by atoms with Crippen molar-refractivity contribution in [2.45, 2.75) is 0 Å². The molecule has 0 aromatic heterocycles. The maximum Gasteiger partial charge on any atom is 0.277 e. The smallest absolute Gasteiger partial charge is 0.267 e. The van der Waals surface area contributed by atoms with E-state index < -0.39 is 27.1 Å². The van der Waals surface area contributed by atoms with E-state index in [2.05, 4.69) is 10.5 Å². The number of hydrogen-bond donors (Lipinski definition) is 1. The Labute approximate surface area is 150 Å². The lowest BCUT2D eigenvalue weighted by molar-refractivity contribution is -0.394. The fourth-order valence-electron chi connectivity index (χ4n) is 1.77. The van der Waals surface area contributed by atoms with Crippen LogP contribution < -0.4 is 5.43 Å². The first-order chi connectivity index (χ1) is 11.8. The van der Waals surface area contributed by atoms with Crippen molar-refractivity contribution in [3.63, 3.8) is 0 Å². The Kier molecular flexibility index (Phi) is 5.63. The summed E-state index contributed by atoms with van der Waals surface area (Å²) in [7, 11) is 0. The minimum atomic E-state index is -0.854. The Bertz CT molecular complexity index is 869. The van der Waals surface area contributed by atoms with Gasteiger partial charge in [-0.3, -0.25) is 25.0 Å². The Balaban J connectivity index is 2.21. The van der Waals surface area contributed by atoms with Gasteiger partial charge in [0.05, 0.1) is 32.7 Å². The molecule has 0 fully saturated rings. The SMILES string of the molecule is O=C(NN=Cc1ccc(Cl)cc1Cl)c1cc([N+](=O)[O-])cc([N+](=O)[O-])c1. The fourth-order valence-corrected chi connectivity index (χ4v) is 2.23. The standard InChI is InChI=1S/C14H8Cl2N4O5/c15-10-2-1-8(13(16)5-10)7-17-18-14(21)9-3-11(19(22)23)6-12(4-9)20(24)25/h1-7H,(H,18,21). The molecule has 0 aliphatic rings. The van der Waals surface area contributed by atoms with Gasteiger partial charge in [0.1, 0.15) is 0 Å². The van der Waals surface area contributed by atoms with Gasteiger partial charge in [-0.2, -0.15) is 5.10 Å². The molecule has 11 heteroatoms. The van der Waals surface area contributed by atoms with Crippen LogP contribution >= 0.6 is 23.2 Å². The van der Waals surface area contributed by atoms with Gasteiger partial charge in [-0.25, -0.2) is 5.43 Å². The van der Waals surface area contributed by atoms with E-state index in [0.717, 1.165) is 18.2 Å². The maximum absolute atomic E-state index is 12.0. The number of amides is 1. The Hall–Kier alpha value is -3.04. The third-order valence-corrected chi connectivity index (χ3v) is 3.48. The van der Waals surface area contributed by atoms with Crippen molar-refractivity contribution in [3.8, 4) is 0 Å². The van der Waals surface area contributed by atoms with E-state index >= 15 is 0 Å². The Morgan fingerprint density at radius 3 is 2.16 bits per heavy atom. The highest BCUT2D eigenvalue weighted by molar-refractivity contribution is 6.36. The maximum atomic E-state index is 12.0. The molecule has 0 unspecified atom stereocenters. The van der Waals surface area contributed by atoms with E-state index in [-0.39, 0.29) is 5.56 Å². The predicted molar refractivity (Wildman–Crippen MR) is 91.3 cm³/mol. The summed E-state index contributed by atoms with van der Waals surface area (Å²) in [6.07, 6.45) is 1.24. The molecule has 1 amide bonds. The quantitative estimate of drug-likeness (QED) is 0.480. The summed E-state index contributed by atoms with van der Waals surface area (Å²) in [6, 6.07) is 7.20. The first kappa shape index (κ1) is 18.3. The number of hydrazone groups is 1. The third kappa shape index (κ3) is 4.72. The number of carbonyl (C=O) groups is 1. The van der Waals surface area contributed by atoms with Crippen LogP contribution in [0.1, 0.15) is 15.9 Å². The van der Waals surface area contributed by atoms with Crippen LogP contribution in [0.15, 0.2) is 41.5 Å². The minimum absolute atomic E-state index is 0.278. The van der Waals surface area contributed by atoms with E-state index in [4.69, 9.17) is 23.2 Å². The second-order valence-corrected chi connectivity index (χ2v) is 5.46. The lowest BCUT2D eigenvalue weighted by atomic mass is 10.1. The summed E-state index contributed by atoms with van der Waals surface area (Å²) in [5.74, 6) is -0.854. The van der Waals surface area contributed by atoms with Gasteiger partial charge < -0.3 is 0 Å². The number of nitro benzene ring substituents is 2. The normalized spacial score (nSPS) is 10.6. The first-order valence-electron chi connectivity index (χ1n) is 6.50. The van der Waals surface area contributed by atoms with Gasteiger partial charge in [-0.1, -0.05) is 29.3 Å². The molecule has 0 aliphatic heterocycles. The summed E-state index contributed by atoms with van der Waals surface area (Å²) < 4.78 is 0. The van der Waals surface area contributed by atoms with E-state index in [1.807, 2.05) is 0 Å². The second kappa shape index (κ2) is 7.69. The van der Waals surface area contributed by atoms with Crippen LogP contribution in [-0.4, -0.2) is 22.0 Å². The lowest BCUT2D eigenvalue weighted by Gasteiger charge is -2.01. The molecule has 25 heavy (non-hydrogen) atoms. The van der Waals surface area contributed by atoms with Crippen molar-refractivity contribution in [1.29, 1.82) is 0 Å². The Morgan fingerprint density at radius 2 is 1.64 bits per heavy atom. The monoisotopic (exact) mass is 382 g/mol. The third-order valence-electron chi connectivity index (χ3n) is 2.92. The van der Waals surface area contributed by atoms with Gasteiger partial charge in [-0.15, -0.1) is 0 Å². The molecule has 0 saturated heterocycles. The topological polar surface area (TPSA) is 128 Å². The van der Waals surface area contributed by atoms with Crippen molar-refractivity contribution in [3.05, 3.63) is 77.8 Å². The number of rotatable bonds is 5. The van der Waals surface area contributed by atoms with E-state index in [1.165, 1.54) is 12.3 Å². The number of nitro groups is 2. The van der Waals surface area contributed by atoms with Crippen LogP contribution in [0.5, 0.6) is 0 Å². The van der Waals surface area contributed by atoms with E-state index in [9.17, 15) is 25.0 Å². The van der Waals surface area contributed by atoms with E-state index in [1.54, 1.807) is 12.1 Å². The van der Waals surface area contributed by atoms with E-state index in [0.29, 0.717) is 15.6 Å². The molecule has 1 N–H and O–H groups in total. The van der Waals surface area contributed by atoms with Crippen molar-refractivity contribution in [2.24, 2.45) is 5.10 Å². The average molecular weight is 383 g/mol. The number of benzene rings is 2.